The second-order valence-electron chi connectivity index (χ2n) is 3.54. The number of amides is 1. The average molecular weight is 259 g/mol. The summed E-state index contributed by atoms with van der Waals surface area (Å²) in [5.41, 5.74) is -0.874. The minimum atomic E-state index is -3.95. The van der Waals surface area contributed by atoms with E-state index in [0.717, 1.165) is 7.11 Å². The van der Waals surface area contributed by atoms with Crippen molar-refractivity contribution in [3.05, 3.63) is 0 Å². The molecule has 1 amide bonds. The molecule has 0 spiro atoms. The van der Waals surface area contributed by atoms with Crippen molar-refractivity contribution < 1.29 is 17.9 Å². The second kappa shape index (κ2) is 5.00. The maximum absolute atomic E-state index is 11.3. The lowest BCUT2D eigenvalue weighted by Gasteiger charge is -2.28. The average Bonchev–Trinajstić information content (AvgIpc) is 2.00. The molecule has 0 bridgehead atoms. The number of nitrogens with one attached hydrogen (secondary N) is 2. The molecule has 0 radical (unpaired) electrons. The zero-order valence-electron chi connectivity index (χ0n) is 9.00. The summed E-state index contributed by atoms with van der Waals surface area (Å²) in [5.74, 6) is 0. The van der Waals surface area contributed by atoms with E-state index in [4.69, 9.17) is 11.6 Å². The smallest absolute Gasteiger partial charge is 0.421 e. The molecule has 0 saturated heterocycles. The first kappa shape index (κ1) is 14.5. The van der Waals surface area contributed by atoms with Gasteiger partial charge in [0.05, 0.1) is 7.11 Å². The van der Waals surface area contributed by atoms with Crippen LogP contribution in [-0.2, 0) is 14.9 Å². The van der Waals surface area contributed by atoms with Crippen molar-refractivity contribution >= 4 is 27.9 Å². The minimum absolute atomic E-state index is 0.438. The van der Waals surface area contributed by atoms with Crippen LogP contribution in [0.25, 0.3) is 0 Å². The number of hydrogen-bond donors (Lipinski definition) is 2. The number of carbonyl (C=O) groups excluding carboxylic acids is 1. The number of methoxy groups -OCH3 is 1. The molecule has 0 aliphatic rings. The molecule has 2 N–H and O–H groups in total. The molecule has 8 heteroatoms. The Morgan fingerprint density at radius 1 is 1.47 bits per heavy atom. The number of rotatable bonds is 4. The number of halogens is 1. The first-order valence-electron chi connectivity index (χ1n) is 4.14. The van der Waals surface area contributed by atoms with Crippen LogP contribution in [0.3, 0.4) is 0 Å². The fraction of sp³-hybridized carbons (Fsp3) is 0.857. The molecule has 0 aromatic carbocycles. The Morgan fingerprint density at radius 3 is 2.27 bits per heavy atom. The Balaban J connectivity index is 4.59. The van der Waals surface area contributed by atoms with E-state index in [2.05, 4.69) is 9.46 Å². The maximum atomic E-state index is 11.3. The lowest BCUT2D eigenvalue weighted by molar-refractivity contribution is 0.177. The van der Waals surface area contributed by atoms with Gasteiger partial charge in [-0.2, -0.15) is 13.1 Å². The van der Waals surface area contributed by atoms with Crippen LogP contribution in [0, 0.1) is 0 Å². The van der Waals surface area contributed by atoms with E-state index in [1.165, 1.54) is 0 Å². The van der Waals surface area contributed by atoms with Crippen molar-refractivity contribution in [2.75, 3.05) is 7.11 Å². The quantitative estimate of drug-likeness (QED) is 0.723. The van der Waals surface area contributed by atoms with E-state index in [0.29, 0.717) is 0 Å². The molecule has 6 nitrogen and oxygen atoms in total. The Bertz CT molecular complexity index is 326. The van der Waals surface area contributed by atoms with Crippen LogP contribution in [0.2, 0.25) is 0 Å². The lowest BCUT2D eigenvalue weighted by Crippen LogP contribution is -2.53. The van der Waals surface area contributed by atoms with Gasteiger partial charge in [0.2, 0.25) is 0 Å². The van der Waals surface area contributed by atoms with Crippen LogP contribution in [0.5, 0.6) is 0 Å². The van der Waals surface area contributed by atoms with Gasteiger partial charge < -0.3 is 4.74 Å². The highest BCUT2D eigenvalue weighted by atomic mass is 35.5. The predicted octanol–water partition coefficient (Wildman–Crippen LogP) is 0.583. The number of carbonyl (C=O) groups is 1. The molecule has 1 atom stereocenters. The summed E-state index contributed by atoms with van der Waals surface area (Å²) < 4.78 is 30.7. The molecule has 0 aliphatic carbocycles. The number of alkyl halides is 1. The van der Waals surface area contributed by atoms with Crippen LogP contribution >= 0.6 is 11.6 Å². The lowest BCUT2D eigenvalue weighted by atomic mass is 10.0. The molecular weight excluding hydrogens is 244 g/mol. The van der Waals surface area contributed by atoms with Gasteiger partial charge in [0.25, 0.3) is 0 Å². The van der Waals surface area contributed by atoms with Crippen molar-refractivity contribution in [3.8, 4) is 0 Å². The third-order valence-electron chi connectivity index (χ3n) is 1.79. The van der Waals surface area contributed by atoms with Gasteiger partial charge in [-0.1, -0.05) is 0 Å². The summed E-state index contributed by atoms with van der Waals surface area (Å²) in [6.07, 6.45) is -1.06. The molecule has 0 rings (SSSR count). The van der Waals surface area contributed by atoms with Crippen LogP contribution in [-0.4, -0.2) is 32.5 Å². The molecule has 0 aromatic rings. The van der Waals surface area contributed by atoms with Gasteiger partial charge >= 0.3 is 16.3 Å². The third kappa shape index (κ3) is 5.19. The molecule has 0 heterocycles. The third-order valence-corrected chi connectivity index (χ3v) is 3.57. The van der Waals surface area contributed by atoms with Crippen molar-refractivity contribution in [2.24, 2.45) is 0 Å². The number of hydrogen-bond acceptors (Lipinski definition) is 4. The highest BCUT2D eigenvalue weighted by Gasteiger charge is 2.30. The van der Waals surface area contributed by atoms with Gasteiger partial charge in [-0.15, -0.1) is 11.6 Å². The van der Waals surface area contributed by atoms with E-state index >= 15 is 0 Å². The first-order chi connectivity index (χ1) is 6.60. The topological polar surface area (TPSA) is 84.5 Å². The summed E-state index contributed by atoms with van der Waals surface area (Å²) in [4.78, 5) is 10.7. The summed E-state index contributed by atoms with van der Waals surface area (Å²) >= 11 is 5.78. The van der Waals surface area contributed by atoms with Gasteiger partial charge in [-0.25, -0.2) is 9.52 Å². The molecule has 90 valence electrons. The van der Waals surface area contributed by atoms with Crippen molar-refractivity contribution in [1.29, 1.82) is 0 Å². The Kier molecular flexibility index (Phi) is 4.82. The monoisotopic (exact) mass is 258 g/mol. The molecule has 0 fully saturated rings. The minimum Gasteiger partial charge on any atom is -0.452 e. The largest absolute Gasteiger partial charge is 0.452 e. The van der Waals surface area contributed by atoms with E-state index in [9.17, 15) is 13.2 Å². The predicted molar refractivity (Wildman–Crippen MR) is 57.0 cm³/mol. The van der Waals surface area contributed by atoms with Gasteiger partial charge in [-0.05, 0) is 20.8 Å². The molecule has 0 aliphatic heterocycles. The van der Waals surface area contributed by atoms with E-state index in [-0.39, 0.29) is 0 Å². The van der Waals surface area contributed by atoms with Gasteiger partial charge in [-0.3, -0.25) is 0 Å². The van der Waals surface area contributed by atoms with Crippen LogP contribution in [0.4, 0.5) is 4.79 Å². The SMILES string of the molecule is COC(=O)NS(=O)(=O)NC(C)(C)C(C)Cl. The first-order valence-corrected chi connectivity index (χ1v) is 6.06. The zero-order valence-corrected chi connectivity index (χ0v) is 10.6. The summed E-state index contributed by atoms with van der Waals surface area (Å²) in [6.45, 7) is 4.84. The van der Waals surface area contributed by atoms with Crippen molar-refractivity contribution in [3.63, 3.8) is 0 Å². The van der Waals surface area contributed by atoms with Crippen LogP contribution in [0.15, 0.2) is 0 Å². The molecule has 15 heavy (non-hydrogen) atoms. The van der Waals surface area contributed by atoms with E-state index in [1.54, 1.807) is 25.5 Å². The van der Waals surface area contributed by atoms with Gasteiger partial charge in [0.1, 0.15) is 0 Å². The number of ether oxygens (including phenoxy) is 1. The van der Waals surface area contributed by atoms with Gasteiger partial charge in [0, 0.05) is 10.9 Å². The Labute approximate surface area is 94.5 Å². The molecule has 0 saturated carbocycles. The van der Waals surface area contributed by atoms with Crippen molar-refractivity contribution in [1.82, 2.24) is 9.44 Å². The molecule has 1 unspecified atom stereocenters. The fourth-order valence-corrected chi connectivity index (χ4v) is 1.95. The van der Waals surface area contributed by atoms with Crippen LogP contribution in [0.1, 0.15) is 20.8 Å². The van der Waals surface area contributed by atoms with Crippen LogP contribution < -0.4 is 9.44 Å². The second-order valence-corrected chi connectivity index (χ2v) is 5.61. The molecule has 0 aromatic heterocycles. The summed E-state index contributed by atoms with van der Waals surface area (Å²) in [6, 6.07) is 0. The van der Waals surface area contributed by atoms with E-state index < -0.39 is 27.2 Å². The van der Waals surface area contributed by atoms with Gasteiger partial charge in [0.15, 0.2) is 0 Å². The Morgan fingerprint density at radius 2 is 1.93 bits per heavy atom. The summed E-state index contributed by atoms with van der Waals surface area (Å²) in [7, 11) is -2.88. The van der Waals surface area contributed by atoms with E-state index in [1.807, 2.05) is 0 Å². The zero-order chi connectivity index (χ0) is 12.3. The standard InChI is InChI=1S/C7H15ClN2O4S/c1-5(8)7(2,3)10-15(12,13)9-6(11)14-4/h5,10H,1-4H3,(H,9,11). The Hall–Kier alpha value is -0.530. The maximum Gasteiger partial charge on any atom is 0.421 e. The molecular formula is C7H15ClN2O4S. The highest BCUT2D eigenvalue weighted by molar-refractivity contribution is 7.88. The summed E-state index contributed by atoms with van der Waals surface area (Å²) in [5, 5.41) is -0.438. The normalized spacial score (nSPS) is 14.5. The fourth-order valence-electron chi connectivity index (χ4n) is 0.604. The highest BCUT2D eigenvalue weighted by Crippen LogP contribution is 2.15. The van der Waals surface area contributed by atoms with Crippen molar-refractivity contribution in [2.45, 2.75) is 31.7 Å².